The van der Waals surface area contributed by atoms with Gasteiger partial charge in [-0.15, -0.1) is 0 Å². The number of hydrogen-bond donors (Lipinski definition) is 3. The van der Waals surface area contributed by atoms with E-state index >= 15 is 0 Å². The van der Waals surface area contributed by atoms with Gasteiger partial charge in [-0.2, -0.15) is 0 Å². The van der Waals surface area contributed by atoms with Crippen molar-refractivity contribution in [2.45, 2.75) is 71.4 Å². The standard InChI is InChI=1S/C22H37N3O2/c1-3-9-18(14-15-26)16-24-22(23-4-2)25-17-19-10-5-8-13-21(19)27-20-11-6-7-12-20/h5,8,10,13,18,20,26H,3-4,6-7,9,11-12,14-17H2,1-2H3,(H2,23,24,25). The average Bonchev–Trinajstić information content (AvgIpc) is 3.18. The van der Waals surface area contributed by atoms with Crippen molar-refractivity contribution < 1.29 is 9.84 Å². The maximum absolute atomic E-state index is 9.24. The number of rotatable bonds is 11. The van der Waals surface area contributed by atoms with E-state index in [1.165, 1.54) is 12.8 Å². The third-order valence-electron chi connectivity index (χ3n) is 5.11. The molecule has 0 amide bonds. The molecule has 1 aliphatic carbocycles. The van der Waals surface area contributed by atoms with Gasteiger partial charge >= 0.3 is 0 Å². The molecule has 5 nitrogen and oxygen atoms in total. The summed E-state index contributed by atoms with van der Waals surface area (Å²) in [5, 5.41) is 16.0. The van der Waals surface area contributed by atoms with Gasteiger partial charge in [-0.3, -0.25) is 0 Å². The van der Waals surface area contributed by atoms with E-state index in [9.17, 15) is 5.11 Å². The van der Waals surface area contributed by atoms with E-state index in [2.05, 4.69) is 36.6 Å². The molecule has 1 unspecified atom stereocenters. The molecule has 0 aromatic heterocycles. The first kappa shape index (κ1) is 21.5. The number of nitrogens with zero attached hydrogens (tertiary/aromatic N) is 1. The highest BCUT2D eigenvalue weighted by atomic mass is 16.5. The lowest BCUT2D eigenvalue weighted by Crippen LogP contribution is -2.40. The van der Waals surface area contributed by atoms with E-state index in [4.69, 9.17) is 9.73 Å². The molecule has 0 spiro atoms. The van der Waals surface area contributed by atoms with Crippen molar-refractivity contribution >= 4 is 5.96 Å². The topological polar surface area (TPSA) is 65.9 Å². The summed E-state index contributed by atoms with van der Waals surface area (Å²) in [6.07, 6.45) is 8.29. The smallest absolute Gasteiger partial charge is 0.191 e. The van der Waals surface area contributed by atoms with E-state index in [-0.39, 0.29) is 6.61 Å². The summed E-state index contributed by atoms with van der Waals surface area (Å²) in [5.41, 5.74) is 1.13. The summed E-state index contributed by atoms with van der Waals surface area (Å²) < 4.78 is 6.22. The average molecular weight is 376 g/mol. The molecule has 1 aromatic rings. The Morgan fingerprint density at radius 1 is 1.19 bits per heavy atom. The minimum Gasteiger partial charge on any atom is -0.490 e. The predicted molar refractivity (Wildman–Crippen MR) is 112 cm³/mol. The molecule has 1 aromatic carbocycles. The van der Waals surface area contributed by atoms with Gasteiger partial charge in [-0.05, 0) is 57.4 Å². The fourth-order valence-corrected chi connectivity index (χ4v) is 3.62. The first-order chi connectivity index (χ1) is 13.3. The summed E-state index contributed by atoms with van der Waals surface area (Å²) in [5.74, 6) is 2.27. The van der Waals surface area contributed by atoms with Gasteiger partial charge in [-0.25, -0.2) is 4.99 Å². The van der Waals surface area contributed by atoms with Gasteiger partial charge in [0.2, 0.25) is 0 Å². The van der Waals surface area contributed by atoms with Gasteiger partial charge in [0.15, 0.2) is 5.96 Å². The van der Waals surface area contributed by atoms with Crippen LogP contribution in [0, 0.1) is 5.92 Å². The third kappa shape index (κ3) is 7.79. The number of ether oxygens (including phenoxy) is 1. The highest BCUT2D eigenvalue weighted by Crippen LogP contribution is 2.27. The lowest BCUT2D eigenvalue weighted by molar-refractivity contribution is 0.208. The first-order valence-corrected chi connectivity index (χ1v) is 10.6. The Morgan fingerprint density at radius 2 is 1.96 bits per heavy atom. The van der Waals surface area contributed by atoms with Crippen LogP contribution in [-0.4, -0.2) is 36.9 Å². The highest BCUT2D eigenvalue weighted by Gasteiger charge is 2.17. The molecule has 1 fully saturated rings. The van der Waals surface area contributed by atoms with Crippen LogP contribution < -0.4 is 15.4 Å². The maximum atomic E-state index is 9.24. The Kier molecular flexibility index (Phi) is 10.1. The zero-order chi connectivity index (χ0) is 19.3. The zero-order valence-electron chi connectivity index (χ0n) is 17.0. The number of aliphatic imine (C=N–C) groups is 1. The van der Waals surface area contributed by atoms with Gasteiger partial charge in [0, 0.05) is 25.3 Å². The normalized spacial score (nSPS) is 16.3. The lowest BCUT2D eigenvalue weighted by Gasteiger charge is -2.19. The van der Waals surface area contributed by atoms with Crippen LogP contribution in [-0.2, 0) is 6.54 Å². The van der Waals surface area contributed by atoms with Gasteiger partial charge in [0.1, 0.15) is 5.75 Å². The molecule has 3 N–H and O–H groups in total. The monoisotopic (exact) mass is 375 g/mol. The van der Waals surface area contributed by atoms with Gasteiger partial charge in [0.05, 0.1) is 12.6 Å². The van der Waals surface area contributed by atoms with Crippen molar-refractivity contribution in [3.63, 3.8) is 0 Å². The van der Waals surface area contributed by atoms with E-state index < -0.39 is 0 Å². The second-order valence-electron chi connectivity index (χ2n) is 7.38. The number of benzene rings is 1. The number of nitrogens with one attached hydrogen (secondary N) is 2. The minimum atomic E-state index is 0.242. The summed E-state index contributed by atoms with van der Waals surface area (Å²) in [4.78, 5) is 4.76. The lowest BCUT2D eigenvalue weighted by atomic mass is 10.0. The van der Waals surface area contributed by atoms with Crippen LogP contribution >= 0.6 is 0 Å². The van der Waals surface area contributed by atoms with Crippen LogP contribution in [0.25, 0.3) is 0 Å². The van der Waals surface area contributed by atoms with Gasteiger partial charge in [0.25, 0.3) is 0 Å². The largest absolute Gasteiger partial charge is 0.490 e. The fourth-order valence-electron chi connectivity index (χ4n) is 3.62. The molecule has 27 heavy (non-hydrogen) atoms. The Bertz CT molecular complexity index is 550. The van der Waals surface area contributed by atoms with Gasteiger partial charge < -0.3 is 20.5 Å². The Labute approximate surface area is 164 Å². The minimum absolute atomic E-state index is 0.242. The maximum Gasteiger partial charge on any atom is 0.191 e. The van der Waals surface area contributed by atoms with Crippen molar-refractivity contribution in [2.24, 2.45) is 10.9 Å². The molecule has 0 saturated heterocycles. The molecule has 0 bridgehead atoms. The van der Waals surface area contributed by atoms with E-state index in [0.717, 1.165) is 62.5 Å². The van der Waals surface area contributed by atoms with Crippen LogP contribution in [0.5, 0.6) is 5.75 Å². The summed E-state index contributed by atoms with van der Waals surface area (Å²) in [6.45, 7) is 6.75. The van der Waals surface area contributed by atoms with E-state index in [1.807, 2.05) is 12.1 Å². The first-order valence-electron chi connectivity index (χ1n) is 10.6. The van der Waals surface area contributed by atoms with Crippen molar-refractivity contribution in [2.75, 3.05) is 19.7 Å². The van der Waals surface area contributed by atoms with Crippen molar-refractivity contribution in [3.8, 4) is 5.75 Å². The molecule has 1 saturated carbocycles. The molecule has 2 rings (SSSR count). The summed E-state index contributed by atoms with van der Waals surface area (Å²) in [6, 6.07) is 8.24. The Morgan fingerprint density at radius 3 is 2.67 bits per heavy atom. The predicted octanol–water partition coefficient (Wildman–Crippen LogP) is 3.86. The van der Waals surface area contributed by atoms with Crippen LogP contribution in [0.3, 0.4) is 0 Å². The quantitative estimate of drug-likeness (QED) is 0.406. The van der Waals surface area contributed by atoms with Crippen LogP contribution in [0.4, 0.5) is 0 Å². The third-order valence-corrected chi connectivity index (χ3v) is 5.11. The highest BCUT2D eigenvalue weighted by molar-refractivity contribution is 5.79. The second kappa shape index (κ2) is 12.6. The van der Waals surface area contributed by atoms with Crippen molar-refractivity contribution in [3.05, 3.63) is 29.8 Å². The van der Waals surface area contributed by atoms with E-state index in [1.54, 1.807) is 0 Å². The molecular formula is C22H37N3O2. The molecular weight excluding hydrogens is 338 g/mol. The second-order valence-corrected chi connectivity index (χ2v) is 7.38. The van der Waals surface area contributed by atoms with Crippen molar-refractivity contribution in [1.82, 2.24) is 10.6 Å². The molecule has 5 heteroatoms. The molecule has 0 radical (unpaired) electrons. The summed E-state index contributed by atoms with van der Waals surface area (Å²) >= 11 is 0. The fraction of sp³-hybridized carbons (Fsp3) is 0.682. The number of guanidine groups is 1. The zero-order valence-corrected chi connectivity index (χ0v) is 17.0. The van der Waals surface area contributed by atoms with E-state index in [0.29, 0.717) is 18.6 Å². The number of hydrogen-bond acceptors (Lipinski definition) is 3. The molecule has 0 aliphatic heterocycles. The number of para-hydroxylation sites is 1. The molecule has 1 atom stereocenters. The van der Waals surface area contributed by atoms with Crippen LogP contribution in [0.15, 0.2) is 29.3 Å². The number of aliphatic hydroxyl groups is 1. The van der Waals surface area contributed by atoms with Crippen LogP contribution in [0.2, 0.25) is 0 Å². The number of aliphatic hydroxyl groups excluding tert-OH is 1. The van der Waals surface area contributed by atoms with Crippen LogP contribution in [0.1, 0.15) is 64.4 Å². The van der Waals surface area contributed by atoms with Gasteiger partial charge in [-0.1, -0.05) is 31.5 Å². The Balaban J connectivity index is 1.96. The van der Waals surface area contributed by atoms with Crippen molar-refractivity contribution in [1.29, 1.82) is 0 Å². The molecule has 0 heterocycles. The summed E-state index contributed by atoms with van der Waals surface area (Å²) in [7, 11) is 0. The Hall–Kier alpha value is -1.75. The molecule has 1 aliphatic rings. The SMILES string of the molecule is CCCC(CCO)CNC(=NCc1ccccc1OC1CCCC1)NCC. The molecule has 152 valence electrons.